The molecule has 0 aliphatic heterocycles. The lowest BCUT2D eigenvalue weighted by Crippen LogP contribution is -2.34. The first-order valence-corrected chi connectivity index (χ1v) is 9.57. The topological polar surface area (TPSA) is 46.6 Å². The van der Waals surface area contributed by atoms with Crippen LogP contribution in [0.1, 0.15) is 35.0 Å². The number of rotatable bonds is 7. The number of amides is 1. The highest BCUT2D eigenvalue weighted by molar-refractivity contribution is 7.99. The largest absolute Gasteiger partial charge is 0.462 e. The standard InChI is InChI=1S/C20H23NO3S/c1-4-21(17-13-11-16(12-14-17)20(23)24-5-2)19(22)18(25-3)15-9-7-6-8-10-15/h6-14,18H,4-5H2,1-3H3. The highest BCUT2D eigenvalue weighted by Crippen LogP contribution is 2.30. The number of hydrogen-bond donors (Lipinski definition) is 0. The van der Waals surface area contributed by atoms with E-state index in [0.717, 1.165) is 11.3 Å². The van der Waals surface area contributed by atoms with Gasteiger partial charge < -0.3 is 9.64 Å². The minimum atomic E-state index is -0.352. The third kappa shape index (κ3) is 4.63. The molecule has 0 fully saturated rings. The highest BCUT2D eigenvalue weighted by atomic mass is 32.2. The number of carbonyl (C=O) groups is 2. The van der Waals surface area contributed by atoms with E-state index in [0.29, 0.717) is 18.7 Å². The van der Waals surface area contributed by atoms with Crippen LogP contribution in [0.25, 0.3) is 0 Å². The molecule has 25 heavy (non-hydrogen) atoms. The van der Waals surface area contributed by atoms with Crippen LogP contribution in [0.3, 0.4) is 0 Å². The molecule has 2 aromatic carbocycles. The van der Waals surface area contributed by atoms with Crippen molar-refractivity contribution in [2.24, 2.45) is 0 Å². The predicted octanol–water partition coefficient (Wildman–Crippen LogP) is 4.32. The van der Waals surface area contributed by atoms with Crippen LogP contribution in [0.5, 0.6) is 0 Å². The Morgan fingerprint density at radius 2 is 1.68 bits per heavy atom. The normalized spacial score (nSPS) is 11.6. The molecule has 0 aliphatic carbocycles. The number of nitrogens with zero attached hydrogens (tertiary/aromatic N) is 1. The molecule has 0 saturated heterocycles. The van der Waals surface area contributed by atoms with Crippen molar-refractivity contribution in [1.29, 1.82) is 0 Å². The lowest BCUT2D eigenvalue weighted by Gasteiger charge is -2.26. The second kappa shape index (κ2) is 9.28. The van der Waals surface area contributed by atoms with E-state index in [4.69, 9.17) is 4.74 Å². The summed E-state index contributed by atoms with van der Waals surface area (Å²) < 4.78 is 4.99. The number of ether oxygens (including phenoxy) is 1. The summed E-state index contributed by atoms with van der Waals surface area (Å²) in [6.45, 7) is 4.61. The number of esters is 1. The van der Waals surface area contributed by atoms with Crippen molar-refractivity contribution in [1.82, 2.24) is 0 Å². The van der Waals surface area contributed by atoms with Crippen molar-refractivity contribution < 1.29 is 14.3 Å². The van der Waals surface area contributed by atoms with Crippen molar-refractivity contribution in [2.75, 3.05) is 24.3 Å². The van der Waals surface area contributed by atoms with Crippen molar-refractivity contribution in [3.63, 3.8) is 0 Å². The average molecular weight is 357 g/mol. The second-order valence-corrected chi connectivity index (χ2v) is 6.32. The number of hydrogen-bond acceptors (Lipinski definition) is 4. The number of likely N-dealkylation sites (N-methyl/N-ethyl adjacent to an activating group) is 1. The first-order valence-electron chi connectivity index (χ1n) is 8.28. The van der Waals surface area contributed by atoms with Crippen molar-refractivity contribution in [3.8, 4) is 0 Å². The SMILES string of the molecule is CCOC(=O)c1ccc(N(CC)C(=O)C(SC)c2ccccc2)cc1. The van der Waals surface area contributed by atoms with Gasteiger partial charge in [0.25, 0.3) is 0 Å². The molecule has 0 aromatic heterocycles. The van der Waals surface area contributed by atoms with Gasteiger partial charge in [-0.3, -0.25) is 4.79 Å². The summed E-state index contributed by atoms with van der Waals surface area (Å²) >= 11 is 1.52. The fourth-order valence-electron chi connectivity index (χ4n) is 2.61. The molecule has 2 aromatic rings. The average Bonchev–Trinajstić information content (AvgIpc) is 2.64. The van der Waals surface area contributed by atoms with Gasteiger partial charge in [-0.25, -0.2) is 4.79 Å². The maximum Gasteiger partial charge on any atom is 0.338 e. The van der Waals surface area contributed by atoms with Gasteiger partial charge in [-0.15, -0.1) is 11.8 Å². The third-order valence-corrected chi connectivity index (χ3v) is 4.78. The summed E-state index contributed by atoms with van der Waals surface area (Å²) in [5.41, 5.74) is 2.25. The van der Waals surface area contributed by atoms with E-state index in [1.807, 2.05) is 43.5 Å². The Labute approximate surface area is 153 Å². The van der Waals surface area contributed by atoms with Gasteiger partial charge in [0.1, 0.15) is 5.25 Å². The zero-order chi connectivity index (χ0) is 18.2. The molecule has 0 spiro atoms. The molecule has 1 unspecified atom stereocenters. The van der Waals surface area contributed by atoms with Gasteiger partial charge in [-0.2, -0.15) is 0 Å². The molecular weight excluding hydrogens is 334 g/mol. The molecule has 0 aliphatic rings. The predicted molar refractivity (Wildman–Crippen MR) is 103 cm³/mol. The minimum absolute atomic E-state index is 0.0325. The van der Waals surface area contributed by atoms with Gasteiger partial charge in [0.05, 0.1) is 12.2 Å². The minimum Gasteiger partial charge on any atom is -0.462 e. The van der Waals surface area contributed by atoms with Gasteiger partial charge in [0.15, 0.2) is 0 Å². The lowest BCUT2D eigenvalue weighted by molar-refractivity contribution is -0.118. The van der Waals surface area contributed by atoms with Gasteiger partial charge in [-0.1, -0.05) is 30.3 Å². The molecule has 4 nitrogen and oxygen atoms in total. The van der Waals surface area contributed by atoms with E-state index in [2.05, 4.69) is 0 Å². The summed E-state index contributed by atoms with van der Waals surface area (Å²) in [5.74, 6) is -0.320. The molecule has 0 N–H and O–H groups in total. The summed E-state index contributed by atoms with van der Waals surface area (Å²) in [7, 11) is 0. The molecule has 0 saturated carbocycles. The molecule has 1 atom stereocenters. The Morgan fingerprint density at radius 1 is 1.04 bits per heavy atom. The fraction of sp³-hybridized carbons (Fsp3) is 0.300. The van der Waals surface area contributed by atoms with Gasteiger partial charge >= 0.3 is 5.97 Å². The van der Waals surface area contributed by atoms with E-state index < -0.39 is 0 Å². The van der Waals surface area contributed by atoms with Crippen LogP contribution in [0.4, 0.5) is 5.69 Å². The smallest absolute Gasteiger partial charge is 0.338 e. The van der Waals surface area contributed by atoms with Crippen LogP contribution >= 0.6 is 11.8 Å². The quantitative estimate of drug-likeness (QED) is 0.692. The maximum atomic E-state index is 13.0. The monoisotopic (exact) mass is 357 g/mol. The van der Waals surface area contributed by atoms with Crippen LogP contribution in [0.2, 0.25) is 0 Å². The number of benzene rings is 2. The Hall–Kier alpha value is -2.27. The maximum absolute atomic E-state index is 13.0. The van der Waals surface area contributed by atoms with Crippen molar-refractivity contribution in [3.05, 3.63) is 65.7 Å². The lowest BCUT2D eigenvalue weighted by atomic mass is 10.1. The molecule has 2 rings (SSSR count). The Balaban J connectivity index is 2.23. The zero-order valence-corrected chi connectivity index (χ0v) is 15.6. The molecule has 132 valence electrons. The number of anilines is 1. The van der Waals surface area contributed by atoms with Crippen molar-refractivity contribution >= 4 is 29.3 Å². The van der Waals surface area contributed by atoms with Crippen LogP contribution in [-0.2, 0) is 9.53 Å². The van der Waals surface area contributed by atoms with Gasteiger partial charge in [-0.05, 0) is 49.9 Å². The van der Waals surface area contributed by atoms with Gasteiger partial charge in [0, 0.05) is 12.2 Å². The third-order valence-electron chi connectivity index (χ3n) is 3.83. The number of carbonyl (C=O) groups excluding carboxylic acids is 2. The van der Waals surface area contributed by atoms with Gasteiger partial charge in [0.2, 0.25) is 5.91 Å². The van der Waals surface area contributed by atoms with E-state index >= 15 is 0 Å². The van der Waals surface area contributed by atoms with E-state index in [9.17, 15) is 9.59 Å². The molecular formula is C20H23NO3S. The second-order valence-electron chi connectivity index (χ2n) is 5.38. The highest BCUT2D eigenvalue weighted by Gasteiger charge is 2.25. The fourth-order valence-corrected chi connectivity index (χ4v) is 3.36. The summed E-state index contributed by atoms with van der Waals surface area (Å²) in [6, 6.07) is 16.7. The van der Waals surface area contributed by atoms with Crippen molar-refractivity contribution in [2.45, 2.75) is 19.1 Å². The number of thioether (sulfide) groups is 1. The van der Waals surface area contributed by atoms with E-state index in [1.165, 1.54) is 11.8 Å². The first kappa shape index (κ1) is 19.1. The van der Waals surface area contributed by atoms with E-state index in [1.54, 1.807) is 36.1 Å². The Morgan fingerprint density at radius 3 is 2.20 bits per heavy atom. The molecule has 0 bridgehead atoms. The Bertz CT molecular complexity index is 701. The molecule has 0 heterocycles. The molecule has 0 radical (unpaired) electrons. The Kier molecular flexibility index (Phi) is 7.07. The van der Waals surface area contributed by atoms with Crippen LogP contribution < -0.4 is 4.90 Å². The van der Waals surface area contributed by atoms with Crippen LogP contribution in [-0.4, -0.2) is 31.3 Å². The van der Waals surface area contributed by atoms with Crippen LogP contribution in [0.15, 0.2) is 54.6 Å². The molecule has 1 amide bonds. The zero-order valence-electron chi connectivity index (χ0n) is 14.8. The summed E-state index contributed by atoms with van der Waals surface area (Å²) in [5, 5.41) is -0.258. The summed E-state index contributed by atoms with van der Waals surface area (Å²) in [4.78, 5) is 26.5. The van der Waals surface area contributed by atoms with Crippen LogP contribution in [0, 0.1) is 0 Å². The first-order chi connectivity index (χ1) is 12.1. The molecule has 5 heteroatoms. The van der Waals surface area contributed by atoms with E-state index in [-0.39, 0.29) is 17.1 Å². The summed E-state index contributed by atoms with van der Waals surface area (Å²) in [6.07, 6.45) is 1.94.